The van der Waals surface area contributed by atoms with Crippen LogP contribution in [-0.4, -0.2) is 12.2 Å². The highest BCUT2D eigenvalue weighted by atomic mass is 19.1. The summed E-state index contributed by atoms with van der Waals surface area (Å²) >= 11 is 0. The summed E-state index contributed by atoms with van der Waals surface area (Å²) < 4.78 is 24.3. The molecule has 0 atom stereocenters. The van der Waals surface area contributed by atoms with Crippen LogP contribution in [0.3, 0.4) is 0 Å². The molecule has 0 aliphatic carbocycles. The van der Waals surface area contributed by atoms with Gasteiger partial charge in [-0.25, -0.2) is 4.39 Å². The molecular weight excluding hydrogens is 235 g/mol. The van der Waals surface area contributed by atoms with E-state index in [0.717, 1.165) is 0 Å². The summed E-state index contributed by atoms with van der Waals surface area (Å²) in [5.41, 5.74) is 0.390. The quantitative estimate of drug-likeness (QED) is 0.903. The number of hydrogen-bond acceptors (Lipinski definition) is 3. The first kappa shape index (κ1) is 12.4. The number of ether oxygens (including phenoxy) is 2. The fourth-order valence-electron chi connectivity index (χ4n) is 1.61. The van der Waals surface area contributed by atoms with E-state index >= 15 is 0 Å². The average Bonchev–Trinajstić information content (AvgIpc) is 2.41. The summed E-state index contributed by atoms with van der Waals surface area (Å²) in [5, 5.41) is 9.17. The molecule has 2 aromatic rings. The van der Waals surface area contributed by atoms with Gasteiger partial charge in [0.1, 0.15) is 0 Å². The van der Waals surface area contributed by atoms with Crippen LogP contribution in [0.15, 0.2) is 42.5 Å². The van der Waals surface area contributed by atoms with E-state index in [9.17, 15) is 4.39 Å². The maximum atomic E-state index is 13.7. The molecule has 0 aliphatic rings. The highest BCUT2D eigenvalue weighted by Crippen LogP contribution is 2.34. The number of para-hydroxylation sites is 3. The van der Waals surface area contributed by atoms with Gasteiger partial charge < -0.3 is 14.6 Å². The molecule has 0 saturated carbocycles. The molecule has 0 fully saturated rings. The molecular formula is C14H13FO3. The van der Waals surface area contributed by atoms with Gasteiger partial charge in [0.15, 0.2) is 23.1 Å². The van der Waals surface area contributed by atoms with Crippen LogP contribution in [0, 0.1) is 5.82 Å². The molecule has 0 amide bonds. The number of halogens is 1. The number of hydrogen-bond donors (Lipinski definition) is 1. The van der Waals surface area contributed by atoms with Crippen molar-refractivity contribution >= 4 is 0 Å². The van der Waals surface area contributed by atoms with Gasteiger partial charge in [-0.3, -0.25) is 0 Å². The lowest BCUT2D eigenvalue weighted by molar-refractivity contribution is 0.273. The molecule has 0 heterocycles. The van der Waals surface area contributed by atoms with Crippen LogP contribution in [0.5, 0.6) is 17.2 Å². The van der Waals surface area contributed by atoms with Crippen molar-refractivity contribution in [2.24, 2.45) is 0 Å². The molecule has 18 heavy (non-hydrogen) atoms. The maximum absolute atomic E-state index is 13.7. The van der Waals surface area contributed by atoms with Crippen LogP contribution in [0.4, 0.5) is 4.39 Å². The van der Waals surface area contributed by atoms with Gasteiger partial charge in [0.05, 0.1) is 13.7 Å². The molecule has 0 unspecified atom stereocenters. The largest absolute Gasteiger partial charge is 0.493 e. The van der Waals surface area contributed by atoms with E-state index in [2.05, 4.69) is 0 Å². The second-order valence-electron chi connectivity index (χ2n) is 3.64. The summed E-state index contributed by atoms with van der Waals surface area (Å²) in [7, 11) is 1.51. The predicted octanol–water partition coefficient (Wildman–Crippen LogP) is 3.12. The molecule has 94 valence electrons. The van der Waals surface area contributed by atoms with Crippen molar-refractivity contribution in [3.63, 3.8) is 0 Å². The molecule has 1 N–H and O–H groups in total. The van der Waals surface area contributed by atoms with E-state index in [0.29, 0.717) is 17.1 Å². The lowest BCUT2D eigenvalue weighted by atomic mass is 10.2. The molecule has 0 aromatic heterocycles. The zero-order valence-electron chi connectivity index (χ0n) is 9.89. The minimum absolute atomic E-state index is 0.0181. The van der Waals surface area contributed by atoms with Gasteiger partial charge in [-0.15, -0.1) is 0 Å². The first-order valence-corrected chi connectivity index (χ1v) is 5.45. The number of rotatable bonds is 4. The molecule has 2 rings (SSSR count). The molecule has 0 saturated heterocycles. The lowest BCUT2D eigenvalue weighted by Crippen LogP contribution is -1.96. The minimum atomic E-state index is -0.521. The topological polar surface area (TPSA) is 38.7 Å². The molecule has 3 nitrogen and oxygen atoms in total. The number of aliphatic hydroxyl groups is 1. The van der Waals surface area contributed by atoms with Gasteiger partial charge in [-0.2, -0.15) is 0 Å². The Morgan fingerprint density at radius 3 is 2.44 bits per heavy atom. The third kappa shape index (κ3) is 2.43. The number of methoxy groups -OCH3 is 1. The molecule has 4 heteroatoms. The lowest BCUT2D eigenvalue weighted by Gasteiger charge is -2.13. The summed E-state index contributed by atoms with van der Waals surface area (Å²) in [6.45, 7) is -0.289. The van der Waals surface area contributed by atoms with E-state index in [1.54, 1.807) is 30.3 Å². The van der Waals surface area contributed by atoms with E-state index in [4.69, 9.17) is 14.6 Å². The third-order valence-electron chi connectivity index (χ3n) is 2.50. The van der Waals surface area contributed by atoms with Crippen LogP contribution in [0.2, 0.25) is 0 Å². The standard InChI is InChI=1S/C14H13FO3/c1-17-12-7-2-3-8-13(12)18-14-10(9-16)5-4-6-11(14)15/h2-8,16H,9H2,1H3. The summed E-state index contributed by atoms with van der Waals surface area (Å²) in [6.07, 6.45) is 0. The van der Waals surface area contributed by atoms with Crippen LogP contribution < -0.4 is 9.47 Å². The second kappa shape index (κ2) is 5.51. The Hall–Kier alpha value is -2.07. The third-order valence-corrected chi connectivity index (χ3v) is 2.50. The average molecular weight is 248 g/mol. The van der Waals surface area contributed by atoms with Gasteiger partial charge in [0.2, 0.25) is 0 Å². The van der Waals surface area contributed by atoms with Crippen molar-refractivity contribution in [3.8, 4) is 17.2 Å². The van der Waals surface area contributed by atoms with Crippen LogP contribution in [0.25, 0.3) is 0 Å². The molecule has 0 radical (unpaired) electrons. The fourth-order valence-corrected chi connectivity index (χ4v) is 1.61. The van der Waals surface area contributed by atoms with Crippen molar-refractivity contribution in [3.05, 3.63) is 53.8 Å². The Morgan fingerprint density at radius 2 is 1.78 bits per heavy atom. The zero-order valence-corrected chi connectivity index (χ0v) is 9.89. The smallest absolute Gasteiger partial charge is 0.169 e. The zero-order chi connectivity index (χ0) is 13.0. The Morgan fingerprint density at radius 1 is 1.06 bits per heavy atom. The van der Waals surface area contributed by atoms with Crippen molar-refractivity contribution in [1.82, 2.24) is 0 Å². The SMILES string of the molecule is COc1ccccc1Oc1c(F)cccc1CO. The van der Waals surface area contributed by atoms with E-state index < -0.39 is 5.82 Å². The highest BCUT2D eigenvalue weighted by molar-refractivity contribution is 5.45. The van der Waals surface area contributed by atoms with Gasteiger partial charge >= 0.3 is 0 Å². The van der Waals surface area contributed by atoms with E-state index in [-0.39, 0.29) is 12.4 Å². The summed E-state index contributed by atoms with van der Waals surface area (Å²) in [4.78, 5) is 0. The normalized spacial score (nSPS) is 10.2. The van der Waals surface area contributed by atoms with Crippen molar-refractivity contribution < 1.29 is 19.0 Å². The molecule has 0 spiro atoms. The van der Waals surface area contributed by atoms with Crippen molar-refractivity contribution in [2.75, 3.05) is 7.11 Å². The first-order valence-electron chi connectivity index (χ1n) is 5.45. The minimum Gasteiger partial charge on any atom is -0.493 e. The summed E-state index contributed by atoms with van der Waals surface area (Å²) in [5.74, 6) is 0.404. The Labute approximate surface area is 104 Å². The fraction of sp³-hybridized carbons (Fsp3) is 0.143. The Balaban J connectivity index is 2.39. The van der Waals surface area contributed by atoms with Crippen LogP contribution in [-0.2, 0) is 6.61 Å². The van der Waals surface area contributed by atoms with Gasteiger partial charge in [0.25, 0.3) is 0 Å². The number of benzene rings is 2. The van der Waals surface area contributed by atoms with E-state index in [1.807, 2.05) is 0 Å². The number of aliphatic hydroxyl groups excluding tert-OH is 1. The van der Waals surface area contributed by atoms with Crippen molar-refractivity contribution in [1.29, 1.82) is 0 Å². The summed E-state index contributed by atoms with van der Waals surface area (Å²) in [6, 6.07) is 11.4. The predicted molar refractivity (Wildman–Crippen MR) is 65.4 cm³/mol. The molecule has 0 aliphatic heterocycles. The molecule has 0 bridgehead atoms. The maximum Gasteiger partial charge on any atom is 0.169 e. The molecule has 2 aromatic carbocycles. The van der Waals surface area contributed by atoms with Crippen LogP contribution in [0.1, 0.15) is 5.56 Å². The van der Waals surface area contributed by atoms with Crippen molar-refractivity contribution in [2.45, 2.75) is 6.61 Å². The first-order chi connectivity index (χ1) is 8.76. The highest BCUT2D eigenvalue weighted by Gasteiger charge is 2.12. The second-order valence-corrected chi connectivity index (χ2v) is 3.64. The van der Waals surface area contributed by atoms with Gasteiger partial charge in [-0.1, -0.05) is 24.3 Å². The van der Waals surface area contributed by atoms with Crippen LogP contribution >= 0.6 is 0 Å². The Bertz CT molecular complexity index is 540. The monoisotopic (exact) mass is 248 g/mol. The van der Waals surface area contributed by atoms with Gasteiger partial charge in [-0.05, 0) is 18.2 Å². The Kier molecular flexibility index (Phi) is 3.79. The van der Waals surface area contributed by atoms with E-state index in [1.165, 1.54) is 19.2 Å². The van der Waals surface area contributed by atoms with Gasteiger partial charge in [0, 0.05) is 5.56 Å².